The topological polar surface area (TPSA) is 48.1 Å². The Bertz CT molecular complexity index is 571. The minimum Gasteiger partial charge on any atom is -0.439 e. The summed E-state index contributed by atoms with van der Waals surface area (Å²) in [6, 6.07) is 12.0. The number of hydrogen-bond acceptors (Lipinski definition) is 3. The molecule has 1 aromatic carbocycles. The smallest absolute Gasteiger partial charge is 0.219 e. The largest absolute Gasteiger partial charge is 0.439 e. The average molecular weight is 284 g/mol. The highest BCUT2D eigenvalue weighted by Gasteiger charge is 2.17. The van der Waals surface area contributed by atoms with E-state index in [2.05, 4.69) is 37.9 Å². The van der Waals surface area contributed by atoms with Crippen LogP contribution in [0, 0.1) is 0 Å². The summed E-state index contributed by atoms with van der Waals surface area (Å²) >= 11 is 0. The van der Waals surface area contributed by atoms with Gasteiger partial charge >= 0.3 is 0 Å². The van der Waals surface area contributed by atoms with E-state index in [-0.39, 0.29) is 11.5 Å². The molecule has 1 atom stereocenters. The summed E-state index contributed by atoms with van der Waals surface area (Å²) in [4.78, 5) is 4.28. The maximum Gasteiger partial charge on any atom is 0.219 e. The van der Waals surface area contributed by atoms with Gasteiger partial charge in [-0.1, -0.05) is 39.0 Å². The quantitative estimate of drug-likeness (QED) is 0.874. The van der Waals surface area contributed by atoms with E-state index in [9.17, 15) is 0 Å². The highest BCUT2D eigenvalue weighted by molar-refractivity contribution is 5.34. The van der Waals surface area contributed by atoms with E-state index < -0.39 is 0 Å². The molecule has 3 heteroatoms. The first-order chi connectivity index (χ1) is 9.92. The summed E-state index contributed by atoms with van der Waals surface area (Å²) < 4.78 is 5.76. The second kappa shape index (κ2) is 6.27. The molecule has 0 saturated heterocycles. The molecule has 112 valence electrons. The standard InChI is InChI=1S/C18H24N2O/c1-5-18(3,4)15-7-9-16(10-8-15)21-17-11-6-14(12-20-17)13(2)19/h6-13H,5,19H2,1-4H3/t13-/m0/s1. The van der Waals surface area contributed by atoms with Crippen molar-refractivity contribution in [3.63, 3.8) is 0 Å². The Labute approximate surface area is 127 Å². The number of ether oxygens (including phenoxy) is 1. The lowest BCUT2D eigenvalue weighted by Gasteiger charge is -2.23. The molecule has 2 aromatic rings. The van der Waals surface area contributed by atoms with Crippen LogP contribution in [0.25, 0.3) is 0 Å². The zero-order chi connectivity index (χ0) is 15.5. The molecule has 21 heavy (non-hydrogen) atoms. The first-order valence-corrected chi connectivity index (χ1v) is 7.42. The highest BCUT2D eigenvalue weighted by Crippen LogP contribution is 2.29. The second-order valence-electron chi connectivity index (χ2n) is 6.08. The molecule has 0 aliphatic rings. The minimum absolute atomic E-state index is 0.0119. The van der Waals surface area contributed by atoms with Crippen LogP contribution in [0.3, 0.4) is 0 Å². The average Bonchev–Trinajstić information content (AvgIpc) is 2.48. The van der Waals surface area contributed by atoms with Gasteiger partial charge in [-0.05, 0) is 42.0 Å². The SMILES string of the molecule is CCC(C)(C)c1ccc(Oc2ccc([C@H](C)N)cn2)cc1. The fourth-order valence-electron chi connectivity index (χ4n) is 2.02. The van der Waals surface area contributed by atoms with Crippen LogP contribution in [0.15, 0.2) is 42.6 Å². The minimum atomic E-state index is -0.0119. The molecule has 2 N–H and O–H groups in total. The van der Waals surface area contributed by atoms with Crippen molar-refractivity contribution >= 4 is 0 Å². The summed E-state index contributed by atoms with van der Waals surface area (Å²) in [5.74, 6) is 1.38. The Balaban J connectivity index is 2.10. The molecule has 3 nitrogen and oxygen atoms in total. The van der Waals surface area contributed by atoms with E-state index in [1.807, 2.05) is 31.2 Å². The molecule has 2 rings (SSSR count). The van der Waals surface area contributed by atoms with E-state index >= 15 is 0 Å². The lowest BCUT2D eigenvalue weighted by Crippen LogP contribution is -2.14. The third-order valence-corrected chi connectivity index (χ3v) is 4.03. The number of benzene rings is 1. The molecule has 0 saturated carbocycles. The fourth-order valence-corrected chi connectivity index (χ4v) is 2.02. The van der Waals surface area contributed by atoms with Crippen molar-refractivity contribution in [2.75, 3.05) is 0 Å². The molecule has 0 aliphatic carbocycles. The predicted octanol–water partition coefficient (Wildman–Crippen LogP) is 4.58. The van der Waals surface area contributed by atoms with Crippen LogP contribution in [0.4, 0.5) is 0 Å². The van der Waals surface area contributed by atoms with Gasteiger partial charge in [0.15, 0.2) is 0 Å². The third kappa shape index (κ3) is 3.82. The van der Waals surface area contributed by atoms with Crippen molar-refractivity contribution in [3.8, 4) is 11.6 Å². The molecule has 0 fully saturated rings. The molecule has 0 amide bonds. The van der Waals surface area contributed by atoms with Gasteiger partial charge in [0.05, 0.1) is 0 Å². The zero-order valence-electron chi connectivity index (χ0n) is 13.3. The number of nitrogens with two attached hydrogens (primary N) is 1. The molecule has 0 spiro atoms. The van der Waals surface area contributed by atoms with Crippen molar-refractivity contribution in [3.05, 3.63) is 53.7 Å². The first kappa shape index (κ1) is 15.5. The molecular formula is C18H24N2O. The molecule has 0 aliphatic heterocycles. The molecule has 1 aromatic heterocycles. The van der Waals surface area contributed by atoms with Gasteiger partial charge in [0.1, 0.15) is 5.75 Å². The van der Waals surface area contributed by atoms with Gasteiger partial charge in [0, 0.05) is 18.3 Å². The first-order valence-electron chi connectivity index (χ1n) is 7.42. The summed E-state index contributed by atoms with van der Waals surface area (Å²) in [6.07, 6.45) is 2.86. The van der Waals surface area contributed by atoms with Crippen LogP contribution in [-0.2, 0) is 5.41 Å². The molecule has 0 bridgehead atoms. The van der Waals surface area contributed by atoms with Gasteiger partial charge in [-0.15, -0.1) is 0 Å². The maximum atomic E-state index is 5.81. The Kier molecular flexibility index (Phi) is 4.63. The Morgan fingerprint density at radius 2 is 1.81 bits per heavy atom. The Hall–Kier alpha value is -1.87. The van der Waals surface area contributed by atoms with Gasteiger partial charge in [-0.3, -0.25) is 0 Å². The van der Waals surface area contributed by atoms with Crippen LogP contribution < -0.4 is 10.5 Å². The number of rotatable bonds is 5. The van der Waals surface area contributed by atoms with E-state index in [0.29, 0.717) is 5.88 Å². The van der Waals surface area contributed by atoms with Gasteiger partial charge in [0.2, 0.25) is 5.88 Å². The van der Waals surface area contributed by atoms with Crippen LogP contribution in [-0.4, -0.2) is 4.98 Å². The summed E-state index contributed by atoms with van der Waals surface area (Å²) in [7, 11) is 0. The summed E-state index contributed by atoms with van der Waals surface area (Å²) in [5, 5.41) is 0. The van der Waals surface area contributed by atoms with Crippen molar-refractivity contribution < 1.29 is 4.74 Å². The van der Waals surface area contributed by atoms with Crippen LogP contribution >= 0.6 is 0 Å². The Morgan fingerprint density at radius 3 is 2.29 bits per heavy atom. The number of hydrogen-bond donors (Lipinski definition) is 1. The maximum absolute atomic E-state index is 5.81. The van der Waals surface area contributed by atoms with Crippen molar-refractivity contribution in [2.24, 2.45) is 5.73 Å². The van der Waals surface area contributed by atoms with Crippen molar-refractivity contribution in [2.45, 2.75) is 45.6 Å². The number of nitrogens with zero attached hydrogens (tertiary/aromatic N) is 1. The monoisotopic (exact) mass is 284 g/mol. The van der Waals surface area contributed by atoms with E-state index in [4.69, 9.17) is 10.5 Å². The van der Waals surface area contributed by atoms with Gasteiger partial charge in [-0.25, -0.2) is 4.98 Å². The fraction of sp³-hybridized carbons (Fsp3) is 0.389. The van der Waals surface area contributed by atoms with Gasteiger partial charge in [0.25, 0.3) is 0 Å². The lowest BCUT2D eigenvalue weighted by molar-refractivity contribution is 0.460. The number of aromatic nitrogens is 1. The van der Waals surface area contributed by atoms with Crippen LogP contribution in [0.2, 0.25) is 0 Å². The highest BCUT2D eigenvalue weighted by atomic mass is 16.5. The molecule has 0 radical (unpaired) electrons. The normalized spacial score (nSPS) is 13.0. The van der Waals surface area contributed by atoms with E-state index in [1.165, 1.54) is 5.56 Å². The second-order valence-corrected chi connectivity index (χ2v) is 6.08. The van der Waals surface area contributed by atoms with E-state index in [1.54, 1.807) is 6.20 Å². The van der Waals surface area contributed by atoms with Crippen molar-refractivity contribution in [1.29, 1.82) is 0 Å². The van der Waals surface area contributed by atoms with Crippen molar-refractivity contribution in [1.82, 2.24) is 4.98 Å². The van der Waals surface area contributed by atoms with Crippen LogP contribution in [0.5, 0.6) is 11.6 Å². The Morgan fingerprint density at radius 1 is 1.14 bits per heavy atom. The summed E-state index contributed by atoms with van der Waals surface area (Å²) in [5.41, 5.74) is 8.32. The molecular weight excluding hydrogens is 260 g/mol. The number of pyridine rings is 1. The van der Waals surface area contributed by atoms with Gasteiger partial charge < -0.3 is 10.5 Å². The third-order valence-electron chi connectivity index (χ3n) is 4.03. The zero-order valence-corrected chi connectivity index (χ0v) is 13.3. The van der Waals surface area contributed by atoms with E-state index in [0.717, 1.165) is 17.7 Å². The molecule has 0 unspecified atom stereocenters. The lowest BCUT2D eigenvalue weighted by atomic mass is 9.82. The van der Waals surface area contributed by atoms with Gasteiger partial charge in [-0.2, -0.15) is 0 Å². The van der Waals surface area contributed by atoms with Crippen LogP contribution in [0.1, 0.15) is 51.3 Å². The summed E-state index contributed by atoms with van der Waals surface area (Å²) in [6.45, 7) is 8.63. The predicted molar refractivity (Wildman–Crippen MR) is 86.7 cm³/mol. The molecule has 1 heterocycles.